The number of rotatable bonds is 1. The summed E-state index contributed by atoms with van der Waals surface area (Å²) in [6.07, 6.45) is 4.88. The Hall–Kier alpha value is -2.30. The van der Waals surface area contributed by atoms with Crippen molar-refractivity contribution in [1.82, 2.24) is 19.6 Å². The van der Waals surface area contributed by atoms with Gasteiger partial charge in [0.15, 0.2) is 11.5 Å². The first-order chi connectivity index (χ1) is 9.43. The van der Waals surface area contributed by atoms with Crippen molar-refractivity contribution in [1.29, 1.82) is 0 Å². The number of aromatic nitrogens is 4. The average Bonchev–Trinajstić information content (AvgIpc) is 2.81. The number of pyridine rings is 2. The van der Waals surface area contributed by atoms with Gasteiger partial charge in [-0.1, -0.05) is 20.8 Å². The Labute approximate surface area is 116 Å². The maximum atomic E-state index is 13.2. The zero-order chi connectivity index (χ0) is 14.3. The quantitative estimate of drug-likeness (QED) is 0.682. The lowest BCUT2D eigenvalue weighted by Crippen LogP contribution is -2.11. The van der Waals surface area contributed by atoms with Crippen molar-refractivity contribution in [3.05, 3.63) is 48.2 Å². The topological polar surface area (TPSA) is 43.1 Å². The Kier molecular flexibility index (Phi) is 2.78. The first kappa shape index (κ1) is 12.7. The van der Waals surface area contributed by atoms with Crippen LogP contribution >= 0.6 is 0 Å². The molecule has 3 aromatic heterocycles. The van der Waals surface area contributed by atoms with Gasteiger partial charge < -0.3 is 0 Å². The van der Waals surface area contributed by atoms with Gasteiger partial charge in [-0.2, -0.15) is 0 Å². The Morgan fingerprint density at radius 1 is 1.15 bits per heavy atom. The van der Waals surface area contributed by atoms with Crippen LogP contribution < -0.4 is 0 Å². The lowest BCUT2D eigenvalue weighted by molar-refractivity contribution is 0.587. The second kappa shape index (κ2) is 4.37. The maximum Gasteiger partial charge on any atom is 0.183 e. The summed E-state index contributed by atoms with van der Waals surface area (Å²) in [6, 6.07) is 5.00. The summed E-state index contributed by atoms with van der Waals surface area (Å²) < 4.78 is 14.6. The van der Waals surface area contributed by atoms with Crippen LogP contribution in [-0.4, -0.2) is 19.6 Å². The third-order valence-corrected chi connectivity index (χ3v) is 3.16. The molecule has 3 heterocycles. The van der Waals surface area contributed by atoms with E-state index in [9.17, 15) is 4.39 Å². The standard InChI is InChI=1S/C15H15FN4/c1-15(2,3)11-6-10(7-17-8-11)14-18-13-5-4-12(16)9-20(13)19-14/h4-9H,1-3H3. The Balaban J connectivity index is 2.11. The first-order valence-electron chi connectivity index (χ1n) is 6.41. The van der Waals surface area contributed by atoms with Crippen molar-refractivity contribution >= 4 is 5.65 Å². The van der Waals surface area contributed by atoms with Crippen LogP contribution in [0, 0.1) is 5.82 Å². The molecule has 0 saturated carbocycles. The summed E-state index contributed by atoms with van der Waals surface area (Å²) in [5, 5.41) is 4.29. The van der Waals surface area contributed by atoms with Crippen LogP contribution in [-0.2, 0) is 5.41 Å². The smallest absolute Gasteiger partial charge is 0.183 e. The molecule has 0 aromatic carbocycles. The minimum Gasteiger partial charge on any atom is -0.264 e. The van der Waals surface area contributed by atoms with Crippen molar-refractivity contribution in [3.8, 4) is 11.4 Å². The van der Waals surface area contributed by atoms with Gasteiger partial charge in [-0.15, -0.1) is 5.10 Å². The lowest BCUT2D eigenvalue weighted by atomic mass is 9.87. The maximum absolute atomic E-state index is 13.2. The molecule has 0 unspecified atom stereocenters. The summed E-state index contributed by atoms with van der Waals surface area (Å²) >= 11 is 0. The lowest BCUT2D eigenvalue weighted by Gasteiger charge is -2.18. The second-order valence-corrected chi connectivity index (χ2v) is 5.80. The fourth-order valence-corrected chi connectivity index (χ4v) is 1.95. The molecule has 0 aliphatic heterocycles. The molecule has 5 heteroatoms. The van der Waals surface area contributed by atoms with Crippen LogP contribution in [0.3, 0.4) is 0 Å². The third kappa shape index (κ3) is 2.27. The molecule has 102 valence electrons. The molecule has 0 bridgehead atoms. The van der Waals surface area contributed by atoms with Gasteiger partial charge in [-0.05, 0) is 29.2 Å². The van der Waals surface area contributed by atoms with Gasteiger partial charge in [-0.25, -0.2) is 13.9 Å². The fourth-order valence-electron chi connectivity index (χ4n) is 1.95. The third-order valence-electron chi connectivity index (χ3n) is 3.16. The monoisotopic (exact) mass is 270 g/mol. The van der Waals surface area contributed by atoms with Crippen LogP contribution in [0.25, 0.3) is 17.0 Å². The molecule has 20 heavy (non-hydrogen) atoms. The van der Waals surface area contributed by atoms with Crippen LogP contribution in [0.4, 0.5) is 4.39 Å². The Morgan fingerprint density at radius 2 is 1.95 bits per heavy atom. The largest absolute Gasteiger partial charge is 0.264 e. The molecule has 3 aromatic rings. The zero-order valence-electron chi connectivity index (χ0n) is 11.6. The molecule has 3 rings (SSSR count). The van der Waals surface area contributed by atoms with Gasteiger partial charge in [0.1, 0.15) is 5.82 Å². The Morgan fingerprint density at radius 3 is 2.70 bits per heavy atom. The number of halogens is 1. The van der Waals surface area contributed by atoms with E-state index in [1.54, 1.807) is 12.3 Å². The van der Waals surface area contributed by atoms with Crippen molar-refractivity contribution < 1.29 is 4.39 Å². The van der Waals surface area contributed by atoms with Gasteiger partial charge in [0.25, 0.3) is 0 Å². The minimum absolute atomic E-state index is 0.00821. The van der Waals surface area contributed by atoms with E-state index in [2.05, 4.69) is 35.8 Å². The van der Waals surface area contributed by atoms with Crippen LogP contribution in [0.1, 0.15) is 26.3 Å². The summed E-state index contributed by atoms with van der Waals surface area (Å²) in [6.45, 7) is 6.38. The SMILES string of the molecule is CC(C)(C)c1cncc(-c2nc3ccc(F)cn3n2)c1. The summed E-state index contributed by atoms with van der Waals surface area (Å²) in [5.74, 6) is 0.213. The molecule has 0 aliphatic rings. The average molecular weight is 270 g/mol. The second-order valence-electron chi connectivity index (χ2n) is 5.80. The van der Waals surface area contributed by atoms with E-state index in [1.165, 1.54) is 16.8 Å². The van der Waals surface area contributed by atoms with Crippen LogP contribution in [0.15, 0.2) is 36.8 Å². The highest BCUT2D eigenvalue weighted by molar-refractivity contribution is 5.58. The Bertz CT molecular complexity index is 771. The molecule has 4 nitrogen and oxygen atoms in total. The van der Waals surface area contributed by atoms with E-state index >= 15 is 0 Å². The molecule has 0 fully saturated rings. The van der Waals surface area contributed by atoms with Crippen molar-refractivity contribution in [2.24, 2.45) is 0 Å². The van der Waals surface area contributed by atoms with Crippen molar-refractivity contribution in [2.45, 2.75) is 26.2 Å². The van der Waals surface area contributed by atoms with Gasteiger partial charge in [0, 0.05) is 18.0 Å². The van der Waals surface area contributed by atoms with Gasteiger partial charge >= 0.3 is 0 Å². The molecule has 0 N–H and O–H groups in total. The highest BCUT2D eigenvalue weighted by Gasteiger charge is 2.16. The number of hydrogen-bond donors (Lipinski definition) is 0. The van der Waals surface area contributed by atoms with E-state index < -0.39 is 0 Å². The normalized spacial score (nSPS) is 12.0. The van der Waals surface area contributed by atoms with Crippen molar-refractivity contribution in [2.75, 3.05) is 0 Å². The molecule has 0 atom stereocenters. The van der Waals surface area contributed by atoms with E-state index in [-0.39, 0.29) is 11.2 Å². The molecule has 0 radical (unpaired) electrons. The molecule has 0 aliphatic carbocycles. The number of hydrogen-bond acceptors (Lipinski definition) is 3. The first-order valence-corrected chi connectivity index (χ1v) is 6.41. The highest BCUT2D eigenvalue weighted by Crippen LogP contribution is 2.25. The molecular weight excluding hydrogens is 255 g/mol. The van der Waals surface area contributed by atoms with E-state index in [4.69, 9.17) is 0 Å². The molecule has 0 spiro atoms. The minimum atomic E-state index is -0.337. The molecule has 0 amide bonds. The van der Waals surface area contributed by atoms with Crippen molar-refractivity contribution in [3.63, 3.8) is 0 Å². The highest BCUT2D eigenvalue weighted by atomic mass is 19.1. The predicted molar refractivity (Wildman–Crippen MR) is 74.9 cm³/mol. The van der Waals surface area contributed by atoms with Crippen LogP contribution in [0.2, 0.25) is 0 Å². The number of nitrogens with zero attached hydrogens (tertiary/aromatic N) is 4. The predicted octanol–water partition coefficient (Wildman–Crippen LogP) is 3.23. The summed E-state index contributed by atoms with van der Waals surface area (Å²) in [7, 11) is 0. The number of fused-ring (bicyclic) bond motifs is 1. The summed E-state index contributed by atoms with van der Waals surface area (Å²) in [5.41, 5.74) is 2.57. The van der Waals surface area contributed by atoms with Gasteiger partial charge in [-0.3, -0.25) is 4.98 Å². The summed E-state index contributed by atoms with van der Waals surface area (Å²) in [4.78, 5) is 8.64. The van der Waals surface area contributed by atoms with E-state index in [1.807, 2.05) is 12.3 Å². The van der Waals surface area contributed by atoms with Gasteiger partial charge in [0.05, 0.1) is 6.20 Å². The van der Waals surface area contributed by atoms with Gasteiger partial charge in [0.2, 0.25) is 0 Å². The van der Waals surface area contributed by atoms with E-state index in [0.717, 1.165) is 11.1 Å². The molecule has 0 saturated heterocycles. The van der Waals surface area contributed by atoms with E-state index in [0.29, 0.717) is 11.5 Å². The molecular formula is C15H15FN4. The zero-order valence-corrected chi connectivity index (χ0v) is 11.6. The van der Waals surface area contributed by atoms with Crippen LogP contribution in [0.5, 0.6) is 0 Å². The fraction of sp³-hybridized carbons (Fsp3) is 0.267.